The van der Waals surface area contributed by atoms with Crippen LogP contribution in [-0.2, 0) is 20.7 Å². The summed E-state index contributed by atoms with van der Waals surface area (Å²) in [6.07, 6.45) is 0.381. The minimum Gasteiger partial charge on any atom is -0.465 e. The quantitative estimate of drug-likeness (QED) is 0.766. The van der Waals surface area contributed by atoms with Crippen LogP contribution in [0.3, 0.4) is 0 Å². The lowest BCUT2D eigenvalue weighted by atomic mass is 10.1. The first-order chi connectivity index (χ1) is 8.52. The van der Waals surface area contributed by atoms with Gasteiger partial charge in [0.2, 0.25) is 5.91 Å². The number of amides is 1. The number of nitrogens with one attached hydrogen (secondary N) is 1. The van der Waals surface area contributed by atoms with Gasteiger partial charge in [0.05, 0.1) is 6.61 Å². The monoisotopic (exact) mass is 250 g/mol. The van der Waals surface area contributed by atoms with E-state index in [1.165, 1.54) is 6.92 Å². The third kappa shape index (κ3) is 4.55. The van der Waals surface area contributed by atoms with E-state index in [2.05, 4.69) is 5.32 Å². The Kier molecular flexibility index (Phi) is 5.32. The van der Waals surface area contributed by atoms with Crippen LogP contribution in [0, 0.1) is 0 Å². The zero-order valence-corrected chi connectivity index (χ0v) is 10.6. The Bertz CT molecular complexity index is 432. The number of carbonyl (C=O) groups excluding carboxylic acids is 2. The highest BCUT2D eigenvalue weighted by Crippen LogP contribution is 2.12. The average Bonchev–Trinajstić information content (AvgIpc) is 2.28. The Hall–Kier alpha value is -1.88. The fourth-order valence-electron chi connectivity index (χ4n) is 1.57. The third-order valence-electron chi connectivity index (χ3n) is 2.29. The maximum Gasteiger partial charge on any atom is 0.323 e. The normalized spacial score (nSPS) is 11.7. The van der Waals surface area contributed by atoms with E-state index in [9.17, 15) is 9.59 Å². The predicted molar refractivity (Wildman–Crippen MR) is 69.1 cm³/mol. The second-order valence-corrected chi connectivity index (χ2v) is 3.94. The molecule has 1 unspecified atom stereocenters. The van der Waals surface area contributed by atoms with Crippen LogP contribution >= 0.6 is 0 Å². The van der Waals surface area contributed by atoms with Gasteiger partial charge in [0.25, 0.3) is 0 Å². The summed E-state index contributed by atoms with van der Waals surface area (Å²) in [5.41, 5.74) is 7.29. The van der Waals surface area contributed by atoms with E-state index in [0.29, 0.717) is 18.7 Å². The molecule has 0 aliphatic carbocycles. The first-order valence-corrected chi connectivity index (χ1v) is 5.81. The van der Waals surface area contributed by atoms with Crippen LogP contribution in [0.15, 0.2) is 24.3 Å². The lowest BCUT2D eigenvalue weighted by Crippen LogP contribution is -2.34. The van der Waals surface area contributed by atoms with Gasteiger partial charge in [0, 0.05) is 12.6 Å². The number of ether oxygens (including phenoxy) is 1. The molecule has 1 aromatic rings. The lowest BCUT2D eigenvalue weighted by Gasteiger charge is -2.11. The summed E-state index contributed by atoms with van der Waals surface area (Å²) < 4.78 is 4.84. The van der Waals surface area contributed by atoms with Crippen molar-refractivity contribution in [3.05, 3.63) is 29.8 Å². The van der Waals surface area contributed by atoms with Crippen LogP contribution in [0.2, 0.25) is 0 Å². The molecule has 0 saturated carbocycles. The molecule has 18 heavy (non-hydrogen) atoms. The van der Waals surface area contributed by atoms with E-state index >= 15 is 0 Å². The van der Waals surface area contributed by atoms with E-state index < -0.39 is 12.0 Å². The number of anilines is 1. The second kappa shape index (κ2) is 6.76. The molecule has 0 aliphatic heterocycles. The Morgan fingerprint density at radius 2 is 2.17 bits per heavy atom. The molecule has 0 aromatic heterocycles. The molecule has 0 radical (unpaired) electrons. The van der Waals surface area contributed by atoms with E-state index in [-0.39, 0.29) is 5.91 Å². The largest absolute Gasteiger partial charge is 0.465 e. The topological polar surface area (TPSA) is 81.4 Å². The Balaban J connectivity index is 2.66. The molecule has 0 saturated heterocycles. The smallest absolute Gasteiger partial charge is 0.323 e. The summed E-state index contributed by atoms with van der Waals surface area (Å²) in [5.74, 6) is -0.552. The summed E-state index contributed by atoms with van der Waals surface area (Å²) in [6, 6.07) is 6.54. The van der Waals surface area contributed by atoms with Crippen LogP contribution in [0.5, 0.6) is 0 Å². The van der Waals surface area contributed by atoms with Crippen LogP contribution < -0.4 is 11.1 Å². The van der Waals surface area contributed by atoms with Crippen molar-refractivity contribution >= 4 is 17.6 Å². The van der Waals surface area contributed by atoms with Gasteiger partial charge in [0.1, 0.15) is 6.04 Å². The molecule has 3 N–H and O–H groups in total. The summed E-state index contributed by atoms with van der Waals surface area (Å²) in [6.45, 7) is 3.50. The number of rotatable bonds is 5. The number of carbonyl (C=O) groups is 2. The summed E-state index contributed by atoms with van der Waals surface area (Å²) in [5, 5.41) is 2.68. The van der Waals surface area contributed by atoms with Gasteiger partial charge in [-0.2, -0.15) is 0 Å². The van der Waals surface area contributed by atoms with Gasteiger partial charge >= 0.3 is 5.97 Å². The summed E-state index contributed by atoms with van der Waals surface area (Å²) >= 11 is 0. The highest BCUT2D eigenvalue weighted by Gasteiger charge is 2.15. The maximum atomic E-state index is 11.4. The van der Waals surface area contributed by atoms with Crippen molar-refractivity contribution in [1.29, 1.82) is 0 Å². The average molecular weight is 250 g/mol. The molecule has 0 aliphatic rings. The molecule has 1 rings (SSSR count). The number of nitrogens with two attached hydrogens (primary N) is 1. The first kappa shape index (κ1) is 14.2. The van der Waals surface area contributed by atoms with Crippen LogP contribution in [-0.4, -0.2) is 24.5 Å². The molecule has 1 aromatic carbocycles. The SMILES string of the molecule is CCOC(=O)C(N)Cc1cccc(NC(C)=O)c1. The Morgan fingerprint density at radius 3 is 2.78 bits per heavy atom. The highest BCUT2D eigenvalue weighted by molar-refractivity contribution is 5.88. The number of hydrogen-bond acceptors (Lipinski definition) is 4. The van der Waals surface area contributed by atoms with Gasteiger partial charge in [-0.25, -0.2) is 0 Å². The van der Waals surface area contributed by atoms with Crippen LogP contribution in [0.1, 0.15) is 19.4 Å². The summed E-state index contributed by atoms with van der Waals surface area (Å²) in [4.78, 5) is 22.3. The molecule has 1 atom stereocenters. The standard InChI is InChI=1S/C13H18N2O3/c1-3-18-13(17)12(14)8-10-5-4-6-11(7-10)15-9(2)16/h4-7,12H,3,8,14H2,1-2H3,(H,15,16). The zero-order chi connectivity index (χ0) is 13.5. The van der Waals surface area contributed by atoms with E-state index in [0.717, 1.165) is 5.56 Å². The number of hydrogen-bond donors (Lipinski definition) is 2. The minimum absolute atomic E-state index is 0.137. The predicted octanol–water partition coefficient (Wildman–Crippen LogP) is 1.08. The van der Waals surface area contributed by atoms with Crippen molar-refractivity contribution in [3.63, 3.8) is 0 Å². The van der Waals surface area contributed by atoms with Crippen molar-refractivity contribution in [2.75, 3.05) is 11.9 Å². The molecule has 0 bridgehead atoms. The van der Waals surface area contributed by atoms with Gasteiger partial charge in [-0.15, -0.1) is 0 Å². The molecule has 5 heteroatoms. The van der Waals surface area contributed by atoms with E-state index in [4.69, 9.17) is 10.5 Å². The van der Waals surface area contributed by atoms with Crippen LogP contribution in [0.4, 0.5) is 5.69 Å². The minimum atomic E-state index is -0.683. The molecular weight excluding hydrogens is 232 g/mol. The molecule has 0 spiro atoms. The zero-order valence-electron chi connectivity index (χ0n) is 10.6. The second-order valence-electron chi connectivity index (χ2n) is 3.94. The fourth-order valence-corrected chi connectivity index (χ4v) is 1.57. The van der Waals surface area contributed by atoms with E-state index in [1.54, 1.807) is 25.1 Å². The van der Waals surface area contributed by atoms with Gasteiger partial charge in [-0.1, -0.05) is 12.1 Å². The number of benzene rings is 1. The molecule has 1 amide bonds. The first-order valence-electron chi connectivity index (χ1n) is 5.81. The lowest BCUT2D eigenvalue weighted by molar-refractivity contribution is -0.144. The van der Waals surface area contributed by atoms with Crippen molar-refractivity contribution in [1.82, 2.24) is 0 Å². The molecule has 5 nitrogen and oxygen atoms in total. The van der Waals surface area contributed by atoms with Crippen molar-refractivity contribution in [3.8, 4) is 0 Å². The Labute approximate surface area is 106 Å². The van der Waals surface area contributed by atoms with Crippen molar-refractivity contribution in [2.45, 2.75) is 26.3 Å². The highest BCUT2D eigenvalue weighted by atomic mass is 16.5. The summed E-state index contributed by atoms with van der Waals surface area (Å²) in [7, 11) is 0. The molecule has 0 heterocycles. The Morgan fingerprint density at radius 1 is 1.44 bits per heavy atom. The molecule has 98 valence electrons. The molecular formula is C13H18N2O3. The number of esters is 1. The fraction of sp³-hybridized carbons (Fsp3) is 0.385. The maximum absolute atomic E-state index is 11.4. The van der Waals surface area contributed by atoms with Gasteiger partial charge in [-0.3, -0.25) is 9.59 Å². The third-order valence-corrected chi connectivity index (χ3v) is 2.29. The van der Waals surface area contributed by atoms with Gasteiger partial charge < -0.3 is 15.8 Å². The van der Waals surface area contributed by atoms with Crippen LogP contribution in [0.25, 0.3) is 0 Å². The van der Waals surface area contributed by atoms with E-state index in [1.807, 2.05) is 6.07 Å². The van der Waals surface area contributed by atoms with Gasteiger partial charge in [0.15, 0.2) is 0 Å². The van der Waals surface area contributed by atoms with Gasteiger partial charge in [-0.05, 0) is 31.0 Å². The van der Waals surface area contributed by atoms with Crippen molar-refractivity contribution < 1.29 is 14.3 Å². The van der Waals surface area contributed by atoms with Crippen molar-refractivity contribution in [2.24, 2.45) is 5.73 Å². The molecule has 0 fully saturated rings.